The first-order chi connectivity index (χ1) is 12.9. The number of aromatic amines is 1. The fourth-order valence-corrected chi connectivity index (χ4v) is 3.68. The quantitative estimate of drug-likeness (QED) is 0.732. The minimum Gasteiger partial charge on any atom is -0.351 e. The summed E-state index contributed by atoms with van der Waals surface area (Å²) in [5.41, 5.74) is 2.74. The number of rotatable bonds is 3. The van der Waals surface area contributed by atoms with E-state index in [1.165, 1.54) is 30.9 Å². The zero-order chi connectivity index (χ0) is 19.0. The molecule has 3 aromatic rings. The molecule has 0 spiro atoms. The summed E-state index contributed by atoms with van der Waals surface area (Å²) in [4.78, 5) is 21.2. The molecule has 0 unspecified atom stereocenters. The maximum atomic E-state index is 11.9. The van der Waals surface area contributed by atoms with Crippen LogP contribution in [0.3, 0.4) is 0 Å². The third kappa shape index (κ3) is 3.75. The molecule has 0 saturated heterocycles. The van der Waals surface area contributed by atoms with E-state index in [4.69, 9.17) is 4.98 Å². The van der Waals surface area contributed by atoms with Crippen molar-refractivity contribution < 1.29 is 0 Å². The van der Waals surface area contributed by atoms with Crippen molar-refractivity contribution in [1.82, 2.24) is 19.6 Å². The summed E-state index contributed by atoms with van der Waals surface area (Å²) in [5, 5.41) is 6.32. The number of H-pyrrole nitrogens is 1. The lowest BCUT2D eigenvalue weighted by molar-refractivity contribution is 0.460. The van der Waals surface area contributed by atoms with E-state index in [1.54, 1.807) is 4.52 Å². The molecule has 6 heteroatoms. The van der Waals surface area contributed by atoms with E-state index in [0.29, 0.717) is 23.5 Å². The normalized spacial score (nSPS) is 16.0. The maximum Gasteiger partial charge on any atom is 0.266 e. The predicted molar refractivity (Wildman–Crippen MR) is 108 cm³/mol. The smallest absolute Gasteiger partial charge is 0.266 e. The second-order valence-electron chi connectivity index (χ2n) is 8.49. The van der Waals surface area contributed by atoms with Crippen LogP contribution in [0.25, 0.3) is 17.0 Å². The second kappa shape index (κ2) is 6.83. The summed E-state index contributed by atoms with van der Waals surface area (Å²) in [5.74, 6) is 1.29. The summed E-state index contributed by atoms with van der Waals surface area (Å²) >= 11 is 0. The van der Waals surface area contributed by atoms with Gasteiger partial charge in [0, 0.05) is 17.7 Å². The number of hydrogen-bond acceptors (Lipinski definition) is 4. The van der Waals surface area contributed by atoms with Gasteiger partial charge in [0.25, 0.3) is 5.56 Å². The summed E-state index contributed by atoms with van der Waals surface area (Å²) in [6.45, 7) is 6.59. The number of anilines is 1. The Morgan fingerprint density at radius 1 is 1.07 bits per heavy atom. The van der Waals surface area contributed by atoms with Gasteiger partial charge in [0.05, 0.1) is 0 Å². The molecule has 2 heterocycles. The van der Waals surface area contributed by atoms with Crippen LogP contribution in [0.1, 0.15) is 58.4 Å². The molecule has 6 nitrogen and oxygen atoms in total. The molecule has 0 amide bonds. The van der Waals surface area contributed by atoms with E-state index in [-0.39, 0.29) is 11.0 Å². The fourth-order valence-electron chi connectivity index (χ4n) is 3.68. The summed E-state index contributed by atoms with van der Waals surface area (Å²) in [6.07, 6.45) is 6.02. The van der Waals surface area contributed by atoms with Gasteiger partial charge in [-0.05, 0) is 23.8 Å². The number of fused-ring (bicyclic) bond motifs is 1. The van der Waals surface area contributed by atoms with Gasteiger partial charge in [-0.15, -0.1) is 0 Å². The molecular weight excluding hydrogens is 338 g/mol. The van der Waals surface area contributed by atoms with Crippen molar-refractivity contribution in [3.05, 3.63) is 46.2 Å². The third-order valence-corrected chi connectivity index (χ3v) is 5.30. The molecule has 1 saturated carbocycles. The van der Waals surface area contributed by atoms with Gasteiger partial charge in [-0.25, -0.2) is 9.50 Å². The van der Waals surface area contributed by atoms with Gasteiger partial charge in [0.1, 0.15) is 0 Å². The van der Waals surface area contributed by atoms with Crippen molar-refractivity contribution >= 4 is 11.6 Å². The van der Waals surface area contributed by atoms with Crippen LogP contribution in [-0.2, 0) is 5.41 Å². The molecule has 4 rings (SSSR count). The summed E-state index contributed by atoms with van der Waals surface area (Å²) in [7, 11) is 0. The van der Waals surface area contributed by atoms with Crippen LogP contribution in [0.5, 0.6) is 0 Å². The third-order valence-electron chi connectivity index (χ3n) is 5.30. The minimum absolute atomic E-state index is 0.102. The topological polar surface area (TPSA) is 75.1 Å². The largest absolute Gasteiger partial charge is 0.351 e. The van der Waals surface area contributed by atoms with Crippen LogP contribution in [0.4, 0.5) is 5.95 Å². The first kappa shape index (κ1) is 17.8. The molecule has 1 aliphatic rings. The van der Waals surface area contributed by atoms with E-state index >= 15 is 0 Å². The molecule has 0 bridgehead atoms. The number of nitrogens with one attached hydrogen (secondary N) is 2. The van der Waals surface area contributed by atoms with Crippen LogP contribution in [0, 0.1) is 0 Å². The van der Waals surface area contributed by atoms with Crippen molar-refractivity contribution in [2.75, 3.05) is 5.32 Å². The lowest BCUT2D eigenvalue weighted by Gasteiger charge is -2.23. The second-order valence-corrected chi connectivity index (χ2v) is 8.49. The molecule has 142 valence electrons. The van der Waals surface area contributed by atoms with Crippen LogP contribution >= 0.6 is 0 Å². The van der Waals surface area contributed by atoms with Gasteiger partial charge in [-0.2, -0.15) is 4.98 Å². The Hall–Kier alpha value is -2.63. The molecule has 27 heavy (non-hydrogen) atoms. The highest BCUT2D eigenvalue weighted by molar-refractivity contribution is 5.60. The molecular formula is C21H27N5O. The highest BCUT2D eigenvalue weighted by Gasteiger charge is 2.18. The van der Waals surface area contributed by atoms with Crippen LogP contribution in [-0.4, -0.2) is 25.6 Å². The zero-order valence-electron chi connectivity index (χ0n) is 16.2. The van der Waals surface area contributed by atoms with Crippen molar-refractivity contribution in [3.8, 4) is 11.4 Å². The first-order valence-corrected chi connectivity index (χ1v) is 9.77. The van der Waals surface area contributed by atoms with Crippen molar-refractivity contribution in [2.24, 2.45) is 0 Å². The van der Waals surface area contributed by atoms with Crippen LogP contribution in [0.15, 0.2) is 35.1 Å². The highest BCUT2D eigenvalue weighted by atomic mass is 16.1. The van der Waals surface area contributed by atoms with E-state index in [2.05, 4.69) is 60.4 Å². The first-order valence-electron chi connectivity index (χ1n) is 9.77. The molecule has 1 fully saturated rings. The Morgan fingerprint density at radius 3 is 2.44 bits per heavy atom. The zero-order valence-corrected chi connectivity index (χ0v) is 16.2. The molecule has 1 aromatic carbocycles. The SMILES string of the molecule is CC(C)(C)c1ccc(-c2nc(NC3CCCCC3)n3[nH]c(=O)cc3n2)cc1. The Labute approximate surface area is 159 Å². The molecule has 2 aromatic heterocycles. The Morgan fingerprint density at radius 2 is 1.78 bits per heavy atom. The predicted octanol–water partition coefficient (Wildman–Crippen LogP) is 4.13. The standard InChI is InChI=1S/C21H27N5O/c1-21(2,3)15-11-9-14(10-12-15)19-23-17-13-18(27)25-26(17)20(24-19)22-16-7-5-4-6-8-16/h9-13,16H,4-8H2,1-3H3,(H,25,27)(H,22,23,24). The van der Waals surface area contributed by atoms with Gasteiger partial charge in [0.2, 0.25) is 5.95 Å². The number of benzene rings is 1. The van der Waals surface area contributed by atoms with E-state index < -0.39 is 0 Å². The van der Waals surface area contributed by atoms with E-state index in [9.17, 15) is 4.79 Å². The average molecular weight is 365 g/mol. The van der Waals surface area contributed by atoms with Gasteiger partial charge in [0.15, 0.2) is 11.5 Å². The Balaban J connectivity index is 1.73. The Kier molecular flexibility index (Phi) is 4.50. The molecule has 0 atom stereocenters. The molecule has 0 radical (unpaired) electrons. The molecule has 2 N–H and O–H groups in total. The maximum absolute atomic E-state index is 11.9. The van der Waals surface area contributed by atoms with Crippen molar-refractivity contribution in [1.29, 1.82) is 0 Å². The van der Waals surface area contributed by atoms with Gasteiger partial charge in [-0.1, -0.05) is 64.3 Å². The monoisotopic (exact) mass is 365 g/mol. The van der Waals surface area contributed by atoms with E-state index in [1.807, 2.05) is 0 Å². The van der Waals surface area contributed by atoms with Crippen LogP contribution in [0.2, 0.25) is 0 Å². The molecule has 0 aliphatic heterocycles. The number of aromatic nitrogens is 4. The number of nitrogens with zero attached hydrogens (tertiary/aromatic N) is 3. The fraction of sp³-hybridized carbons (Fsp3) is 0.476. The number of hydrogen-bond donors (Lipinski definition) is 2. The van der Waals surface area contributed by atoms with E-state index in [0.717, 1.165) is 18.4 Å². The minimum atomic E-state index is -0.170. The summed E-state index contributed by atoms with van der Waals surface area (Å²) < 4.78 is 1.66. The van der Waals surface area contributed by atoms with Crippen molar-refractivity contribution in [2.45, 2.75) is 64.3 Å². The average Bonchev–Trinajstić information content (AvgIpc) is 3.02. The highest BCUT2D eigenvalue weighted by Crippen LogP contribution is 2.26. The van der Waals surface area contributed by atoms with Gasteiger partial charge >= 0.3 is 0 Å². The Bertz CT molecular complexity index is 988. The lowest BCUT2D eigenvalue weighted by atomic mass is 9.87. The van der Waals surface area contributed by atoms with Gasteiger partial charge < -0.3 is 5.32 Å². The molecule has 1 aliphatic carbocycles. The van der Waals surface area contributed by atoms with Gasteiger partial charge in [-0.3, -0.25) is 9.89 Å². The lowest BCUT2D eigenvalue weighted by Crippen LogP contribution is -2.25. The summed E-state index contributed by atoms with van der Waals surface area (Å²) in [6, 6.07) is 10.3. The van der Waals surface area contributed by atoms with Crippen molar-refractivity contribution in [3.63, 3.8) is 0 Å². The van der Waals surface area contributed by atoms with Crippen LogP contribution < -0.4 is 10.9 Å².